The molecule has 2 N–H and O–H groups in total. The van der Waals surface area contributed by atoms with E-state index in [4.69, 9.17) is 28.6 Å². The van der Waals surface area contributed by atoms with E-state index in [0.29, 0.717) is 21.4 Å². The van der Waals surface area contributed by atoms with Crippen LogP contribution in [-0.2, 0) is 10.3 Å². The van der Waals surface area contributed by atoms with Gasteiger partial charge in [0.1, 0.15) is 0 Å². The molecule has 2 aromatic carbocycles. The molecule has 4 nitrogen and oxygen atoms in total. The number of rotatable bonds is 4. The number of halogens is 1. The lowest BCUT2D eigenvalue weighted by molar-refractivity contribution is 0.0601. The average Bonchev–Trinajstić information content (AvgIpc) is 3.12. The van der Waals surface area contributed by atoms with Gasteiger partial charge in [0, 0.05) is 0 Å². The summed E-state index contributed by atoms with van der Waals surface area (Å²) in [5.74, 6) is -0.416. The maximum absolute atomic E-state index is 11.8. The summed E-state index contributed by atoms with van der Waals surface area (Å²) in [5.41, 5.74) is 3.29. The van der Waals surface area contributed by atoms with Gasteiger partial charge in [0.15, 0.2) is 5.11 Å². The summed E-state index contributed by atoms with van der Waals surface area (Å²) in [6, 6.07) is 13.5. The van der Waals surface area contributed by atoms with E-state index in [-0.39, 0.29) is 5.54 Å². The lowest BCUT2D eigenvalue weighted by atomic mass is 9.88. The van der Waals surface area contributed by atoms with Gasteiger partial charge in [-0.25, -0.2) is 4.79 Å². The first-order chi connectivity index (χ1) is 12.9. The Morgan fingerprint density at radius 1 is 1.15 bits per heavy atom. The number of thiocarbonyl (C=S) groups is 1. The Labute approximate surface area is 170 Å². The standard InChI is InChI=1S/C21H23ClN2O2S/c1-14-5-8-16(9-6-14)21(11-3-4-12-21)24-20(27)23-18-13-15(19(25)26-2)7-10-17(18)22/h5-10,13H,3-4,11-12H2,1-2H3,(H2,23,24,27). The fourth-order valence-corrected chi connectivity index (χ4v) is 4.04. The number of ether oxygens (including phenoxy) is 1. The molecular formula is C21H23ClN2O2S. The molecule has 0 aromatic heterocycles. The van der Waals surface area contributed by atoms with Crippen molar-refractivity contribution in [3.05, 3.63) is 64.2 Å². The van der Waals surface area contributed by atoms with Crippen molar-refractivity contribution in [1.29, 1.82) is 0 Å². The first-order valence-corrected chi connectivity index (χ1v) is 9.76. The lowest BCUT2D eigenvalue weighted by Crippen LogP contribution is -2.45. The van der Waals surface area contributed by atoms with Crippen LogP contribution in [0.2, 0.25) is 5.02 Å². The predicted molar refractivity (Wildman–Crippen MR) is 113 cm³/mol. The molecule has 0 radical (unpaired) electrons. The third kappa shape index (κ3) is 4.42. The number of esters is 1. The van der Waals surface area contributed by atoms with E-state index in [1.54, 1.807) is 18.2 Å². The molecule has 27 heavy (non-hydrogen) atoms. The molecular weight excluding hydrogens is 380 g/mol. The topological polar surface area (TPSA) is 50.4 Å². The molecule has 1 aliphatic rings. The number of anilines is 1. The Morgan fingerprint density at radius 2 is 1.81 bits per heavy atom. The van der Waals surface area contributed by atoms with Gasteiger partial charge >= 0.3 is 5.97 Å². The van der Waals surface area contributed by atoms with Crippen LogP contribution in [0.25, 0.3) is 0 Å². The minimum absolute atomic E-state index is 0.176. The number of hydrogen-bond acceptors (Lipinski definition) is 3. The Balaban J connectivity index is 1.79. The van der Waals surface area contributed by atoms with Crippen molar-refractivity contribution in [1.82, 2.24) is 5.32 Å². The van der Waals surface area contributed by atoms with E-state index in [9.17, 15) is 4.79 Å². The second-order valence-electron chi connectivity index (χ2n) is 6.92. The number of carbonyl (C=O) groups excluding carboxylic acids is 1. The van der Waals surface area contributed by atoms with Gasteiger partial charge < -0.3 is 15.4 Å². The summed E-state index contributed by atoms with van der Waals surface area (Å²) >= 11 is 11.8. The summed E-state index contributed by atoms with van der Waals surface area (Å²) in [6.07, 6.45) is 4.35. The molecule has 3 rings (SSSR count). The largest absolute Gasteiger partial charge is 0.465 e. The monoisotopic (exact) mass is 402 g/mol. The molecule has 0 heterocycles. The van der Waals surface area contributed by atoms with Gasteiger partial charge in [-0.2, -0.15) is 0 Å². The molecule has 1 aliphatic carbocycles. The van der Waals surface area contributed by atoms with E-state index in [1.165, 1.54) is 18.2 Å². The molecule has 0 atom stereocenters. The number of methoxy groups -OCH3 is 1. The third-order valence-corrected chi connectivity index (χ3v) is 5.58. The van der Waals surface area contributed by atoms with Gasteiger partial charge in [0.05, 0.1) is 28.9 Å². The first kappa shape index (κ1) is 19.6. The SMILES string of the molecule is COC(=O)c1ccc(Cl)c(NC(=S)NC2(c3ccc(C)cc3)CCCC2)c1. The van der Waals surface area contributed by atoms with E-state index in [0.717, 1.165) is 25.7 Å². The molecule has 0 aliphatic heterocycles. The van der Waals surface area contributed by atoms with E-state index in [1.807, 2.05) is 0 Å². The molecule has 142 valence electrons. The molecule has 1 saturated carbocycles. The molecule has 2 aromatic rings. The van der Waals surface area contributed by atoms with Gasteiger partial charge in [0.25, 0.3) is 0 Å². The van der Waals surface area contributed by atoms with Crippen LogP contribution in [0.3, 0.4) is 0 Å². The maximum atomic E-state index is 11.8. The minimum atomic E-state index is -0.416. The van der Waals surface area contributed by atoms with Crippen LogP contribution in [0, 0.1) is 6.92 Å². The molecule has 0 saturated heterocycles. The molecule has 0 unspecified atom stereocenters. The summed E-state index contributed by atoms with van der Waals surface area (Å²) in [5, 5.41) is 7.63. The number of nitrogens with one attached hydrogen (secondary N) is 2. The highest BCUT2D eigenvalue weighted by Gasteiger charge is 2.36. The smallest absolute Gasteiger partial charge is 0.337 e. The van der Waals surface area contributed by atoms with E-state index >= 15 is 0 Å². The van der Waals surface area contributed by atoms with Gasteiger partial charge in [-0.05, 0) is 55.7 Å². The van der Waals surface area contributed by atoms with Crippen molar-refractivity contribution in [2.24, 2.45) is 0 Å². The predicted octanol–water partition coefficient (Wildman–Crippen LogP) is 5.19. The fourth-order valence-electron chi connectivity index (χ4n) is 3.57. The van der Waals surface area contributed by atoms with E-state index in [2.05, 4.69) is 41.8 Å². The van der Waals surface area contributed by atoms with Crippen molar-refractivity contribution >= 4 is 40.6 Å². The highest BCUT2D eigenvalue weighted by atomic mass is 35.5. The number of aryl methyl sites for hydroxylation is 1. The highest BCUT2D eigenvalue weighted by Crippen LogP contribution is 2.39. The van der Waals surface area contributed by atoms with Gasteiger partial charge in [0.2, 0.25) is 0 Å². The van der Waals surface area contributed by atoms with Crippen molar-refractivity contribution in [2.45, 2.75) is 38.1 Å². The first-order valence-electron chi connectivity index (χ1n) is 8.98. The van der Waals surface area contributed by atoms with Crippen LogP contribution >= 0.6 is 23.8 Å². The molecule has 0 spiro atoms. The maximum Gasteiger partial charge on any atom is 0.337 e. The number of carbonyl (C=O) groups is 1. The highest BCUT2D eigenvalue weighted by molar-refractivity contribution is 7.80. The summed E-state index contributed by atoms with van der Waals surface area (Å²) in [7, 11) is 1.35. The van der Waals surface area contributed by atoms with Crippen molar-refractivity contribution in [3.63, 3.8) is 0 Å². The molecule has 0 amide bonds. The zero-order valence-corrected chi connectivity index (χ0v) is 17.0. The van der Waals surface area contributed by atoms with Crippen LogP contribution in [-0.4, -0.2) is 18.2 Å². The molecule has 6 heteroatoms. The van der Waals surface area contributed by atoms with Crippen molar-refractivity contribution < 1.29 is 9.53 Å². The molecule has 1 fully saturated rings. The van der Waals surface area contributed by atoms with Crippen LogP contribution in [0.5, 0.6) is 0 Å². The Hall–Kier alpha value is -2.11. The summed E-state index contributed by atoms with van der Waals surface area (Å²) in [4.78, 5) is 11.8. The second kappa shape index (κ2) is 8.28. The second-order valence-corrected chi connectivity index (χ2v) is 7.74. The Morgan fingerprint density at radius 3 is 2.44 bits per heavy atom. The van der Waals surface area contributed by atoms with Crippen molar-refractivity contribution in [2.75, 3.05) is 12.4 Å². The van der Waals surface area contributed by atoms with Crippen LogP contribution < -0.4 is 10.6 Å². The number of hydrogen-bond donors (Lipinski definition) is 2. The normalized spacial score (nSPS) is 15.2. The summed E-state index contributed by atoms with van der Waals surface area (Å²) < 4.78 is 4.77. The number of benzene rings is 2. The lowest BCUT2D eigenvalue weighted by Gasteiger charge is -2.32. The van der Waals surface area contributed by atoms with Gasteiger partial charge in [-0.15, -0.1) is 0 Å². The zero-order chi connectivity index (χ0) is 19.4. The zero-order valence-electron chi connectivity index (χ0n) is 15.5. The van der Waals surface area contributed by atoms with Crippen LogP contribution in [0.4, 0.5) is 5.69 Å². The Bertz CT molecular complexity index is 846. The van der Waals surface area contributed by atoms with E-state index < -0.39 is 5.97 Å². The summed E-state index contributed by atoms with van der Waals surface area (Å²) in [6.45, 7) is 2.08. The van der Waals surface area contributed by atoms with Gasteiger partial charge in [-0.1, -0.05) is 54.3 Å². The molecule has 0 bridgehead atoms. The minimum Gasteiger partial charge on any atom is -0.465 e. The third-order valence-electron chi connectivity index (χ3n) is 5.05. The van der Waals surface area contributed by atoms with Crippen LogP contribution in [0.1, 0.15) is 47.2 Å². The van der Waals surface area contributed by atoms with Gasteiger partial charge in [-0.3, -0.25) is 0 Å². The quantitative estimate of drug-likeness (QED) is 0.544. The fraction of sp³-hybridized carbons (Fsp3) is 0.333. The average molecular weight is 403 g/mol. The van der Waals surface area contributed by atoms with Crippen molar-refractivity contribution in [3.8, 4) is 0 Å². The van der Waals surface area contributed by atoms with Crippen LogP contribution in [0.15, 0.2) is 42.5 Å². The Kier molecular flexibility index (Phi) is 6.02.